The van der Waals surface area contributed by atoms with E-state index in [0.29, 0.717) is 12.8 Å². The first-order chi connectivity index (χ1) is 25.0. The molecule has 0 fully saturated rings. The van der Waals surface area contributed by atoms with Gasteiger partial charge in [0.1, 0.15) is 12.2 Å². The third kappa shape index (κ3) is 34.8. The van der Waals surface area contributed by atoms with E-state index >= 15 is 0 Å². The van der Waals surface area contributed by atoms with Crippen molar-refractivity contribution in [2.45, 2.75) is 276 Å². The maximum absolute atomic E-state index is 12.5. The Morgan fingerprint density at radius 2 is 0.667 bits per heavy atom. The zero-order valence-corrected chi connectivity index (χ0v) is 34.4. The first-order valence-electron chi connectivity index (χ1n) is 22.9. The van der Waals surface area contributed by atoms with Gasteiger partial charge in [0.05, 0.1) is 18.8 Å². The molecule has 0 aromatic rings. The molecule has 6 nitrogen and oxygen atoms in total. The number of hydrogen-bond donors (Lipinski definition) is 5. The molecule has 0 aliphatic heterocycles. The van der Waals surface area contributed by atoms with Crippen molar-refractivity contribution in [1.82, 2.24) is 5.32 Å². The zero-order valence-electron chi connectivity index (χ0n) is 34.4. The molecule has 0 spiro atoms. The molecular formula is C45H91NO5. The summed E-state index contributed by atoms with van der Waals surface area (Å²) in [5, 5.41) is 43.5. The number of carbonyl (C=O) groups is 1. The molecule has 0 saturated carbocycles. The molecule has 0 aliphatic rings. The van der Waals surface area contributed by atoms with Crippen molar-refractivity contribution in [2.75, 3.05) is 6.61 Å². The molecule has 0 heterocycles. The standard InChI is InChI=1S/C45H91NO5/c1-3-5-7-9-11-13-14-15-16-17-18-19-20-21-22-23-24-25-26-27-28-29-31-33-35-37-39-43(49)45(51)46-41(40-47)44(50)42(48)38-36-34-32-30-12-10-8-6-4-2/h41-44,47-50H,3-40H2,1-2H3,(H,46,51). The second-order valence-electron chi connectivity index (χ2n) is 16.1. The number of carbonyl (C=O) groups excluding carboxylic acids is 1. The van der Waals surface area contributed by atoms with Gasteiger partial charge in [-0.25, -0.2) is 0 Å². The minimum absolute atomic E-state index is 0.375. The van der Waals surface area contributed by atoms with E-state index in [0.717, 1.165) is 38.5 Å². The fraction of sp³-hybridized carbons (Fsp3) is 0.978. The van der Waals surface area contributed by atoms with Crippen LogP contribution in [0.5, 0.6) is 0 Å². The second kappa shape index (κ2) is 40.5. The normalized spacial score (nSPS) is 14.1. The van der Waals surface area contributed by atoms with Crippen LogP contribution in [0.4, 0.5) is 0 Å². The van der Waals surface area contributed by atoms with Crippen molar-refractivity contribution in [3.63, 3.8) is 0 Å². The fourth-order valence-corrected chi connectivity index (χ4v) is 7.41. The van der Waals surface area contributed by atoms with Gasteiger partial charge in [0.25, 0.3) is 0 Å². The van der Waals surface area contributed by atoms with Gasteiger partial charge in [-0.3, -0.25) is 4.79 Å². The molecule has 0 rings (SSSR count). The maximum Gasteiger partial charge on any atom is 0.249 e. The number of amides is 1. The van der Waals surface area contributed by atoms with Crippen molar-refractivity contribution < 1.29 is 25.2 Å². The van der Waals surface area contributed by atoms with Gasteiger partial charge in [-0.15, -0.1) is 0 Å². The van der Waals surface area contributed by atoms with Crippen LogP contribution < -0.4 is 5.32 Å². The highest BCUT2D eigenvalue weighted by molar-refractivity contribution is 5.80. The summed E-state index contributed by atoms with van der Waals surface area (Å²) in [4.78, 5) is 12.5. The number of aliphatic hydroxyl groups excluding tert-OH is 4. The van der Waals surface area contributed by atoms with Crippen molar-refractivity contribution in [3.05, 3.63) is 0 Å². The van der Waals surface area contributed by atoms with Gasteiger partial charge in [0.15, 0.2) is 0 Å². The SMILES string of the molecule is CCCCCCCCCCCCCCCCCCCCCCCCCCCCC(O)C(=O)NC(CO)C(O)C(O)CCCCCCCCCCC. The van der Waals surface area contributed by atoms with E-state index in [1.807, 2.05) is 0 Å². The fourth-order valence-electron chi connectivity index (χ4n) is 7.41. The Hall–Kier alpha value is -0.690. The van der Waals surface area contributed by atoms with E-state index in [1.165, 1.54) is 186 Å². The summed E-state index contributed by atoms with van der Waals surface area (Å²) in [6, 6.07) is -0.977. The van der Waals surface area contributed by atoms with Crippen molar-refractivity contribution in [2.24, 2.45) is 0 Å². The molecule has 4 unspecified atom stereocenters. The van der Waals surface area contributed by atoms with Crippen LogP contribution in [0.2, 0.25) is 0 Å². The lowest BCUT2D eigenvalue weighted by molar-refractivity contribution is -0.132. The summed E-state index contributed by atoms with van der Waals surface area (Å²) >= 11 is 0. The minimum Gasteiger partial charge on any atom is -0.394 e. The number of nitrogens with one attached hydrogen (secondary N) is 1. The lowest BCUT2D eigenvalue weighted by Gasteiger charge is -2.27. The van der Waals surface area contributed by atoms with Gasteiger partial charge in [0.2, 0.25) is 5.91 Å². The van der Waals surface area contributed by atoms with Crippen LogP contribution >= 0.6 is 0 Å². The number of hydrogen-bond acceptors (Lipinski definition) is 5. The van der Waals surface area contributed by atoms with E-state index < -0.39 is 36.9 Å². The second-order valence-corrected chi connectivity index (χ2v) is 16.1. The quantitative estimate of drug-likeness (QED) is 0.0402. The summed E-state index contributed by atoms with van der Waals surface area (Å²) in [6.45, 7) is 4.04. The molecule has 4 atom stereocenters. The smallest absolute Gasteiger partial charge is 0.249 e. The Morgan fingerprint density at radius 1 is 0.412 bits per heavy atom. The molecule has 51 heavy (non-hydrogen) atoms. The highest BCUT2D eigenvalue weighted by atomic mass is 16.3. The van der Waals surface area contributed by atoms with Crippen molar-refractivity contribution in [3.8, 4) is 0 Å². The molecule has 0 saturated heterocycles. The van der Waals surface area contributed by atoms with Gasteiger partial charge in [-0.2, -0.15) is 0 Å². The van der Waals surface area contributed by atoms with E-state index in [1.54, 1.807) is 0 Å². The predicted molar refractivity (Wildman–Crippen MR) is 219 cm³/mol. The largest absolute Gasteiger partial charge is 0.394 e. The first kappa shape index (κ1) is 50.3. The highest BCUT2D eigenvalue weighted by Gasteiger charge is 2.28. The molecular weight excluding hydrogens is 634 g/mol. The topological polar surface area (TPSA) is 110 Å². The van der Waals surface area contributed by atoms with Gasteiger partial charge in [0, 0.05) is 0 Å². The highest BCUT2D eigenvalue weighted by Crippen LogP contribution is 2.17. The molecule has 0 aromatic heterocycles. The summed E-state index contributed by atoms with van der Waals surface area (Å²) in [5.41, 5.74) is 0. The van der Waals surface area contributed by atoms with E-state index in [9.17, 15) is 25.2 Å². The van der Waals surface area contributed by atoms with Crippen LogP contribution in [-0.4, -0.2) is 57.3 Å². The molecule has 1 amide bonds. The molecule has 0 radical (unpaired) electrons. The van der Waals surface area contributed by atoms with Gasteiger partial charge in [-0.1, -0.05) is 239 Å². The van der Waals surface area contributed by atoms with Gasteiger partial charge >= 0.3 is 0 Å². The molecule has 0 aromatic carbocycles. The van der Waals surface area contributed by atoms with Crippen LogP contribution in [0, 0.1) is 0 Å². The van der Waals surface area contributed by atoms with Crippen LogP contribution in [0.1, 0.15) is 251 Å². The maximum atomic E-state index is 12.5. The van der Waals surface area contributed by atoms with E-state index in [-0.39, 0.29) is 0 Å². The average Bonchev–Trinajstić information content (AvgIpc) is 3.13. The van der Waals surface area contributed by atoms with E-state index in [4.69, 9.17) is 0 Å². The Labute approximate surface area is 318 Å². The summed E-state index contributed by atoms with van der Waals surface area (Å²) in [6.07, 6.45) is 43.0. The monoisotopic (exact) mass is 726 g/mol. The van der Waals surface area contributed by atoms with Crippen LogP contribution in [0.3, 0.4) is 0 Å². The van der Waals surface area contributed by atoms with Crippen LogP contribution in [0.15, 0.2) is 0 Å². The third-order valence-electron chi connectivity index (χ3n) is 11.1. The summed E-state index contributed by atoms with van der Waals surface area (Å²) in [5.74, 6) is -0.581. The average molecular weight is 726 g/mol. The Kier molecular flexibility index (Phi) is 39.9. The number of aliphatic hydroxyl groups is 4. The predicted octanol–water partition coefficient (Wildman–Crippen LogP) is 12.0. The van der Waals surface area contributed by atoms with Gasteiger partial charge in [-0.05, 0) is 12.8 Å². The molecule has 6 heteroatoms. The Balaban J connectivity index is 3.56. The third-order valence-corrected chi connectivity index (χ3v) is 11.1. The summed E-state index contributed by atoms with van der Waals surface area (Å²) in [7, 11) is 0. The summed E-state index contributed by atoms with van der Waals surface area (Å²) < 4.78 is 0. The lowest BCUT2D eigenvalue weighted by Crippen LogP contribution is -2.53. The molecule has 306 valence electrons. The van der Waals surface area contributed by atoms with Gasteiger partial charge < -0.3 is 25.7 Å². The zero-order chi connectivity index (χ0) is 37.5. The van der Waals surface area contributed by atoms with Crippen LogP contribution in [0.25, 0.3) is 0 Å². The van der Waals surface area contributed by atoms with Crippen LogP contribution in [-0.2, 0) is 4.79 Å². The number of unbranched alkanes of at least 4 members (excludes halogenated alkanes) is 33. The Bertz CT molecular complexity index is 692. The molecule has 0 aliphatic carbocycles. The Morgan fingerprint density at radius 3 is 0.941 bits per heavy atom. The molecule has 0 bridgehead atoms. The van der Waals surface area contributed by atoms with Crippen molar-refractivity contribution >= 4 is 5.91 Å². The van der Waals surface area contributed by atoms with E-state index in [2.05, 4.69) is 19.2 Å². The lowest BCUT2D eigenvalue weighted by atomic mass is 9.99. The number of rotatable bonds is 42. The molecule has 5 N–H and O–H groups in total. The van der Waals surface area contributed by atoms with Crippen molar-refractivity contribution in [1.29, 1.82) is 0 Å². The minimum atomic E-state index is -1.25. The first-order valence-corrected chi connectivity index (χ1v) is 22.9.